The van der Waals surface area contributed by atoms with Crippen LogP contribution in [0.2, 0.25) is 5.02 Å². The van der Waals surface area contributed by atoms with Gasteiger partial charge in [-0.15, -0.1) is 0 Å². The number of nitrogens with one attached hydrogen (secondary N) is 1. The number of halogens is 1. The molecule has 1 N–H and O–H groups in total. The first kappa shape index (κ1) is 18.9. The number of hydrogen-bond donors (Lipinski definition) is 1. The molecule has 5 nitrogen and oxygen atoms in total. The highest BCUT2D eigenvalue weighted by molar-refractivity contribution is 7.89. The van der Waals surface area contributed by atoms with Crippen molar-refractivity contribution >= 4 is 33.2 Å². The molecule has 0 saturated carbocycles. The first-order chi connectivity index (χ1) is 12.5. The predicted molar refractivity (Wildman–Crippen MR) is 103 cm³/mol. The number of hydrogen-bond acceptors (Lipinski definition) is 3. The number of piperidine rings is 1. The normalized spacial score (nSPS) is 15.6. The molecule has 2 aromatic carbocycles. The van der Waals surface area contributed by atoms with Gasteiger partial charge in [0.05, 0.1) is 11.4 Å². The third kappa shape index (κ3) is 4.44. The second kappa shape index (κ2) is 8.20. The summed E-state index contributed by atoms with van der Waals surface area (Å²) in [5.41, 5.74) is 1.31. The number of rotatable bonds is 5. The summed E-state index contributed by atoms with van der Waals surface area (Å²) >= 11 is 6.15. The zero-order chi connectivity index (χ0) is 18.6. The molecule has 0 atom stereocenters. The Kier molecular flexibility index (Phi) is 5.96. The van der Waals surface area contributed by atoms with E-state index in [0.29, 0.717) is 18.8 Å². The topological polar surface area (TPSA) is 66.5 Å². The van der Waals surface area contributed by atoms with Gasteiger partial charge >= 0.3 is 0 Å². The Hall–Kier alpha value is -1.89. The molecule has 0 aliphatic carbocycles. The number of carbonyl (C=O) groups is 1. The van der Waals surface area contributed by atoms with Gasteiger partial charge in [0.2, 0.25) is 15.9 Å². The summed E-state index contributed by atoms with van der Waals surface area (Å²) in [5.74, 6) is -0.208. The van der Waals surface area contributed by atoms with E-state index >= 15 is 0 Å². The maximum Gasteiger partial charge on any atom is 0.244 e. The summed E-state index contributed by atoms with van der Waals surface area (Å²) in [6.45, 7) is 1.01. The quantitative estimate of drug-likeness (QED) is 0.843. The molecule has 1 aliphatic rings. The van der Waals surface area contributed by atoms with Gasteiger partial charge in [0.15, 0.2) is 0 Å². The molecule has 0 radical (unpaired) electrons. The van der Waals surface area contributed by atoms with Crippen molar-refractivity contribution in [2.24, 2.45) is 0 Å². The van der Waals surface area contributed by atoms with E-state index < -0.39 is 10.0 Å². The summed E-state index contributed by atoms with van der Waals surface area (Å²) in [6.07, 6.45) is 2.96. The number of sulfonamides is 1. The van der Waals surface area contributed by atoms with Crippen LogP contribution in [-0.4, -0.2) is 31.7 Å². The summed E-state index contributed by atoms with van der Waals surface area (Å²) in [4.78, 5) is 12.3. The van der Waals surface area contributed by atoms with Crippen molar-refractivity contribution in [1.29, 1.82) is 0 Å². The highest BCUT2D eigenvalue weighted by Gasteiger charge is 2.28. The summed E-state index contributed by atoms with van der Waals surface area (Å²) in [7, 11) is -3.66. The van der Waals surface area contributed by atoms with Crippen LogP contribution in [-0.2, 0) is 21.2 Å². The van der Waals surface area contributed by atoms with E-state index in [1.807, 2.05) is 30.3 Å². The van der Waals surface area contributed by atoms with Crippen LogP contribution in [0.25, 0.3) is 0 Å². The molecule has 2 aromatic rings. The molecule has 0 unspecified atom stereocenters. The van der Waals surface area contributed by atoms with Crippen LogP contribution in [0, 0.1) is 0 Å². The maximum atomic E-state index is 12.9. The van der Waals surface area contributed by atoms with Gasteiger partial charge < -0.3 is 5.32 Å². The number of anilines is 1. The van der Waals surface area contributed by atoms with Crippen LogP contribution < -0.4 is 5.32 Å². The first-order valence-corrected chi connectivity index (χ1v) is 10.4. The lowest BCUT2D eigenvalue weighted by Gasteiger charge is -2.26. The fraction of sp³-hybridized carbons (Fsp3) is 0.316. The summed E-state index contributed by atoms with van der Waals surface area (Å²) < 4.78 is 27.2. The van der Waals surface area contributed by atoms with Crippen molar-refractivity contribution in [1.82, 2.24) is 4.31 Å². The fourth-order valence-corrected chi connectivity index (χ4v) is 5.03. The van der Waals surface area contributed by atoms with E-state index in [1.165, 1.54) is 16.4 Å². The molecule has 0 aromatic heterocycles. The van der Waals surface area contributed by atoms with Gasteiger partial charge in [-0.3, -0.25) is 4.79 Å². The van der Waals surface area contributed by atoms with Crippen LogP contribution in [0.5, 0.6) is 0 Å². The van der Waals surface area contributed by atoms with Gasteiger partial charge in [-0.05, 0) is 36.6 Å². The van der Waals surface area contributed by atoms with Crippen LogP contribution in [0.15, 0.2) is 53.4 Å². The first-order valence-electron chi connectivity index (χ1n) is 8.60. The zero-order valence-electron chi connectivity index (χ0n) is 14.3. The Bertz CT molecular complexity index is 879. The van der Waals surface area contributed by atoms with E-state index in [1.54, 1.807) is 6.07 Å². The molecule has 0 bridgehead atoms. The molecule has 1 aliphatic heterocycles. The summed E-state index contributed by atoms with van der Waals surface area (Å²) in [6, 6.07) is 13.9. The second-order valence-electron chi connectivity index (χ2n) is 6.32. The summed E-state index contributed by atoms with van der Waals surface area (Å²) in [5, 5.41) is 2.92. The number of carbonyl (C=O) groups excluding carboxylic acids is 1. The molecule has 26 heavy (non-hydrogen) atoms. The van der Waals surface area contributed by atoms with E-state index in [2.05, 4.69) is 5.32 Å². The Labute approximate surface area is 159 Å². The maximum absolute atomic E-state index is 12.9. The lowest BCUT2D eigenvalue weighted by Crippen LogP contribution is -2.35. The van der Waals surface area contributed by atoms with E-state index in [-0.39, 0.29) is 22.2 Å². The van der Waals surface area contributed by atoms with E-state index in [9.17, 15) is 13.2 Å². The van der Waals surface area contributed by atoms with E-state index in [4.69, 9.17) is 11.6 Å². The van der Waals surface area contributed by atoms with Gasteiger partial charge in [0, 0.05) is 18.8 Å². The Balaban J connectivity index is 1.78. The lowest BCUT2D eigenvalue weighted by atomic mass is 10.1. The standard InChI is InChI=1S/C19H21ClN2O3S/c20-17-10-9-16(21-19(23)13-15-7-3-1-4-8-15)14-18(17)26(24,25)22-11-5-2-6-12-22/h1,3-4,7-10,14H,2,5-6,11-13H2,(H,21,23). The average Bonchev–Trinajstić information content (AvgIpc) is 2.64. The van der Waals surface area contributed by atoms with Crippen molar-refractivity contribution < 1.29 is 13.2 Å². The monoisotopic (exact) mass is 392 g/mol. The van der Waals surface area contributed by atoms with Gasteiger partial charge in [-0.25, -0.2) is 8.42 Å². The Morgan fingerprint density at radius 3 is 2.42 bits per heavy atom. The van der Waals surface area contributed by atoms with Crippen molar-refractivity contribution in [3.8, 4) is 0 Å². The van der Waals surface area contributed by atoms with Crippen molar-refractivity contribution in [2.45, 2.75) is 30.6 Å². The predicted octanol–water partition coefficient (Wildman–Crippen LogP) is 3.70. The van der Waals surface area contributed by atoms with Gasteiger partial charge in [-0.2, -0.15) is 4.31 Å². The van der Waals surface area contributed by atoms with Crippen molar-refractivity contribution in [3.63, 3.8) is 0 Å². The Morgan fingerprint density at radius 2 is 1.73 bits per heavy atom. The average molecular weight is 393 g/mol. The third-order valence-corrected chi connectivity index (χ3v) is 6.74. The van der Waals surface area contributed by atoms with E-state index in [0.717, 1.165) is 24.8 Å². The van der Waals surface area contributed by atoms with Gasteiger partial charge in [0.25, 0.3) is 0 Å². The molecule has 1 heterocycles. The Morgan fingerprint density at radius 1 is 1.04 bits per heavy atom. The molecule has 1 saturated heterocycles. The minimum Gasteiger partial charge on any atom is -0.326 e. The number of amides is 1. The third-order valence-electron chi connectivity index (χ3n) is 4.36. The van der Waals surface area contributed by atoms with Crippen LogP contribution >= 0.6 is 11.6 Å². The van der Waals surface area contributed by atoms with Crippen molar-refractivity contribution in [3.05, 3.63) is 59.1 Å². The molecule has 1 fully saturated rings. The molecule has 138 valence electrons. The number of benzene rings is 2. The highest BCUT2D eigenvalue weighted by atomic mass is 35.5. The molecular formula is C19H21ClN2O3S. The smallest absolute Gasteiger partial charge is 0.244 e. The highest BCUT2D eigenvalue weighted by Crippen LogP contribution is 2.29. The zero-order valence-corrected chi connectivity index (χ0v) is 15.9. The lowest BCUT2D eigenvalue weighted by molar-refractivity contribution is -0.115. The minimum atomic E-state index is -3.66. The van der Waals surface area contributed by atoms with Gasteiger partial charge in [0.1, 0.15) is 4.90 Å². The number of nitrogens with zero attached hydrogens (tertiary/aromatic N) is 1. The molecule has 7 heteroatoms. The van der Waals surface area contributed by atoms with Crippen molar-refractivity contribution in [2.75, 3.05) is 18.4 Å². The molecular weight excluding hydrogens is 372 g/mol. The van der Waals surface area contributed by atoms with Crippen LogP contribution in [0.4, 0.5) is 5.69 Å². The SMILES string of the molecule is O=C(Cc1ccccc1)Nc1ccc(Cl)c(S(=O)(=O)N2CCCCC2)c1. The largest absolute Gasteiger partial charge is 0.326 e. The fourth-order valence-electron chi connectivity index (χ4n) is 3.01. The minimum absolute atomic E-state index is 0.0403. The molecule has 1 amide bonds. The molecule has 3 rings (SSSR count). The molecule has 0 spiro atoms. The van der Waals surface area contributed by atoms with Gasteiger partial charge in [-0.1, -0.05) is 48.4 Å². The van der Waals surface area contributed by atoms with Crippen LogP contribution in [0.3, 0.4) is 0 Å². The van der Waals surface area contributed by atoms with Crippen LogP contribution in [0.1, 0.15) is 24.8 Å². The second-order valence-corrected chi connectivity index (χ2v) is 8.63.